The van der Waals surface area contributed by atoms with Crippen molar-refractivity contribution >= 4 is 45.0 Å². The molecular formula is C16H22ClN3S. The second-order valence-corrected chi connectivity index (χ2v) is 6.26. The summed E-state index contributed by atoms with van der Waals surface area (Å²) in [7, 11) is 0. The van der Waals surface area contributed by atoms with Crippen molar-refractivity contribution in [3.8, 4) is 0 Å². The lowest BCUT2D eigenvalue weighted by Crippen LogP contribution is -2.26. The van der Waals surface area contributed by atoms with E-state index in [2.05, 4.69) is 54.5 Å². The first-order valence-electron chi connectivity index (χ1n) is 7.31. The smallest absolute Gasteiger partial charge is 0.124 e. The van der Waals surface area contributed by atoms with Crippen LogP contribution in [0.15, 0.2) is 24.3 Å². The highest BCUT2D eigenvalue weighted by atomic mass is 35.5. The summed E-state index contributed by atoms with van der Waals surface area (Å²) < 4.78 is 2.44. The molecule has 1 aromatic carbocycles. The normalized spacial score (nSPS) is 11.4. The monoisotopic (exact) mass is 323 g/mol. The lowest BCUT2D eigenvalue weighted by Gasteiger charge is -2.18. The van der Waals surface area contributed by atoms with Crippen LogP contribution in [0.5, 0.6) is 0 Å². The van der Waals surface area contributed by atoms with Crippen LogP contribution in [0.2, 0.25) is 0 Å². The highest BCUT2D eigenvalue weighted by Gasteiger charge is 2.14. The Bertz CT molecular complexity index is 728. The van der Waals surface area contributed by atoms with Gasteiger partial charge in [-0.05, 0) is 26.1 Å². The maximum absolute atomic E-state index is 4.71. The van der Waals surface area contributed by atoms with E-state index in [1.54, 1.807) is 11.3 Å². The van der Waals surface area contributed by atoms with Gasteiger partial charge in [0, 0.05) is 18.5 Å². The number of hydrogen-bond acceptors (Lipinski definition) is 3. The Morgan fingerprint density at radius 2 is 1.90 bits per heavy atom. The van der Waals surface area contributed by atoms with Crippen molar-refractivity contribution < 1.29 is 0 Å². The highest BCUT2D eigenvalue weighted by molar-refractivity contribution is 7.18. The maximum Gasteiger partial charge on any atom is 0.124 e. The van der Waals surface area contributed by atoms with Crippen molar-refractivity contribution in [2.75, 3.05) is 19.6 Å². The van der Waals surface area contributed by atoms with Crippen molar-refractivity contribution in [1.82, 2.24) is 14.5 Å². The Balaban J connectivity index is 0.00000161. The third-order valence-corrected chi connectivity index (χ3v) is 4.94. The molecule has 2 heterocycles. The maximum atomic E-state index is 4.71. The van der Waals surface area contributed by atoms with Gasteiger partial charge >= 0.3 is 0 Å². The molecule has 0 amide bonds. The molecule has 0 bridgehead atoms. The summed E-state index contributed by atoms with van der Waals surface area (Å²) in [4.78, 5) is 8.50. The number of aryl methyl sites for hydroxylation is 1. The van der Waals surface area contributed by atoms with E-state index in [1.807, 2.05) is 0 Å². The Kier molecular flexibility index (Phi) is 5.25. The van der Waals surface area contributed by atoms with Crippen LogP contribution in [0.3, 0.4) is 0 Å². The average molecular weight is 324 g/mol. The van der Waals surface area contributed by atoms with Gasteiger partial charge in [0.15, 0.2) is 0 Å². The first-order chi connectivity index (χ1) is 9.74. The summed E-state index contributed by atoms with van der Waals surface area (Å²) in [6, 6.07) is 8.61. The predicted octanol–water partition coefficient (Wildman–Crippen LogP) is 4.32. The number of benzene rings is 1. The molecule has 3 rings (SSSR count). The number of thiazole rings is 1. The molecule has 3 nitrogen and oxygen atoms in total. The molecule has 0 aliphatic carbocycles. The predicted molar refractivity (Wildman–Crippen MR) is 94.9 cm³/mol. The van der Waals surface area contributed by atoms with Crippen molar-refractivity contribution in [2.45, 2.75) is 27.3 Å². The van der Waals surface area contributed by atoms with Gasteiger partial charge in [0.2, 0.25) is 0 Å². The van der Waals surface area contributed by atoms with Gasteiger partial charge in [-0.25, -0.2) is 4.98 Å². The number of hydrogen-bond donors (Lipinski definition) is 0. The molecule has 114 valence electrons. The second-order valence-electron chi connectivity index (χ2n) is 5.08. The number of para-hydroxylation sites is 1. The summed E-state index contributed by atoms with van der Waals surface area (Å²) >= 11 is 1.80. The standard InChI is InChI=1S/C16H21N3S.ClH/c1-4-18(5-2)10-11-19-14-9-7-6-8-13(14)15-16(19)20-12(3)17-15;/h6-9H,4-5,10-11H2,1-3H3;1H. The molecule has 0 spiro atoms. The molecule has 0 saturated heterocycles. The van der Waals surface area contributed by atoms with Gasteiger partial charge < -0.3 is 9.47 Å². The average Bonchev–Trinajstić information content (AvgIpc) is 2.97. The molecule has 0 aliphatic heterocycles. The SMILES string of the molecule is CCN(CC)CCn1c2ccccc2c2nc(C)sc21.Cl. The fraction of sp³-hybridized carbons (Fsp3) is 0.438. The molecular weight excluding hydrogens is 302 g/mol. The van der Waals surface area contributed by atoms with E-state index in [0.717, 1.165) is 31.2 Å². The molecule has 3 aromatic rings. The Morgan fingerprint density at radius 3 is 2.62 bits per heavy atom. The fourth-order valence-electron chi connectivity index (χ4n) is 2.80. The lowest BCUT2D eigenvalue weighted by molar-refractivity contribution is 0.293. The quantitative estimate of drug-likeness (QED) is 0.697. The van der Waals surface area contributed by atoms with Crippen LogP contribution in [0.1, 0.15) is 18.9 Å². The number of halogens is 1. The fourth-order valence-corrected chi connectivity index (χ4v) is 3.77. The van der Waals surface area contributed by atoms with Crippen molar-refractivity contribution in [2.24, 2.45) is 0 Å². The van der Waals surface area contributed by atoms with Gasteiger partial charge in [-0.2, -0.15) is 0 Å². The zero-order chi connectivity index (χ0) is 14.1. The Labute approximate surface area is 136 Å². The Morgan fingerprint density at radius 1 is 1.19 bits per heavy atom. The van der Waals surface area contributed by atoms with Gasteiger partial charge in [0.1, 0.15) is 10.3 Å². The van der Waals surface area contributed by atoms with Crippen LogP contribution in [-0.2, 0) is 6.54 Å². The topological polar surface area (TPSA) is 21.1 Å². The van der Waals surface area contributed by atoms with E-state index in [4.69, 9.17) is 4.98 Å². The van der Waals surface area contributed by atoms with Gasteiger partial charge in [0.05, 0.1) is 10.5 Å². The molecule has 21 heavy (non-hydrogen) atoms. The molecule has 0 aliphatic rings. The summed E-state index contributed by atoms with van der Waals surface area (Å²) in [6.07, 6.45) is 0. The van der Waals surface area contributed by atoms with E-state index < -0.39 is 0 Å². The van der Waals surface area contributed by atoms with Crippen LogP contribution in [0.4, 0.5) is 0 Å². The third kappa shape index (κ3) is 2.93. The molecule has 2 aromatic heterocycles. The third-order valence-electron chi connectivity index (χ3n) is 3.95. The first kappa shape index (κ1) is 16.3. The van der Waals surface area contributed by atoms with E-state index in [0.29, 0.717) is 0 Å². The van der Waals surface area contributed by atoms with Crippen LogP contribution < -0.4 is 0 Å². The molecule has 0 fully saturated rings. The van der Waals surface area contributed by atoms with E-state index in [9.17, 15) is 0 Å². The zero-order valence-corrected chi connectivity index (χ0v) is 14.4. The second kappa shape index (κ2) is 6.77. The van der Waals surface area contributed by atoms with Crippen molar-refractivity contribution in [3.63, 3.8) is 0 Å². The van der Waals surface area contributed by atoms with Gasteiger partial charge in [-0.1, -0.05) is 32.0 Å². The first-order valence-corrected chi connectivity index (χ1v) is 8.13. The minimum atomic E-state index is 0. The number of likely N-dealkylation sites (N-methyl/N-ethyl adjacent to an activating group) is 1. The number of nitrogens with zero attached hydrogens (tertiary/aromatic N) is 3. The van der Waals surface area contributed by atoms with E-state index >= 15 is 0 Å². The molecule has 0 atom stereocenters. The van der Waals surface area contributed by atoms with E-state index in [-0.39, 0.29) is 12.4 Å². The summed E-state index contributed by atoms with van der Waals surface area (Å²) in [5.74, 6) is 0. The summed E-state index contributed by atoms with van der Waals surface area (Å²) in [5.41, 5.74) is 2.48. The molecule has 0 unspecified atom stereocenters. The molecule has 5 heteroatoms. The number of fused-ring (bicyclic) bond motifs is 3. The summed E-state index contributed by atoms with van der Waals surface area (Å²) in [6.45, 7) is 10.9. The largest absolute Gasteiger partial charge is 0.330 e. The van der Waals surface area contributed by atoms with Gasteiger partial charge in [-0.15, -0.1) is 23.7 Å². The molecule has 0 radical (unpaired) electrons. The molecule has 0 N–H and O–H groups in total. The number of aromatic nitrogens is 2. The summed E-state index contributed by atoms with van der Waals surface area (Å²) in [5, 5.41) is 2.43. The van der Waals surface area contributed by atoms with Crippen LogP contribution in [0, 0.1) is 6.92 Å². The van der Waals surface area contributed by atoms with Crippen molar-refractivity contribution in [3.05, 3.63) is 29.3 Å². The zero-order valence-electron chi connectivity index (χ0n) is 12.8. The van der Waals surface area contributed by atoms with Crippen LogP contribution in [-0.4, -0.2) is 34.1 Å². The lowest BCUT2D eigenvalue weighted by atomic mass is 10.2. The van der Waals surface area contributed by atoms with E-state index in [1.165, 1.54) is 21.3 Å². The molecule has 0 saturated carbocycles. The van der Waals surface area contributed by atoms with Crippen molar-refractivity contribution in [1.29, 1.82) is 0 Å². The highest BCUT2D eigenvalue weighted by Crippen LogP contribution is 2.32. The van der Waals surface area contributed by atoms with Crippen LogP contribution >= 0.6 is 23.7 Å². The Hall–Kier alpha value is -1.10. The van der Waals surface area contributed by atoms with Gasteiger partial charge in [0.25, 0.3) is 0 Å². The van der Waals surface area contributed by atoms with Crippen LogP contribution in [0.25, 0.3) is 21.3 Å². The minimum Gasteiger partial charge on any atom is -0.330 e. The number of rotatable bonds is 5. The van der Waals surface area contributed by atoms with Gasteiger partial charge in [-0.3, -0.25) is 0 Å². The minimum absolute atomic E-state index is 0.